The number of benzene rings is 1. The van der Waals surface area contributed by atoms with Gasteiger partial charge in [0.2, 0.25) is 11.9 Å². The molecule has 0 aliphatic rings. The van der Waals surface area contributed by atoms with E-state index in [-0.39, 0.29) is 47.3 Å². The second-order valence-electron chi connectivity index (χ2n) is 11.6. The molecule has 14 nitrogen and oxygen atoms in total. The summed E-state index contributed by atoms with van der Waals surface area (Å²) < 4.78 is 5.16. The van der Waals surface area contributed by atoms with E-state index in [1.54, 1.807) is 13.8 Å². The van der Waals surface area contributed by atoms with Gasteiger partial charge in [0.1, 0.15) is 0 Å². The van der Waals surface area contributed by atoms with Gasteiger partial charge in [-0.1, -0.05) is 53.4 Å². The zero-order valence-corrected chi connectivity index (χ0v) is 28.7. The number of urea groups is 2. The Balaban J connectivity index is 1.85. The Labute approximate surface area is 280 Å². The highest BCUT2D eigenvalue weighted by Crippen LogP contribution is 2.28. The number of esters is 1. The van der Waals surface area contributed by atoms with E-state index in [0.29, 0.717) is 17.0 Å². The maximum absolute atomic E-state index is 13.1. The number of nitrogens with one attached hydrogen (secondary N) is 6. The van der Waals surface area contributed by atoms with Gasteiger partial charge in [0.05, 0.1) is 23.6 Å². The highest BCUT2D eigenvalue weighted by molar-refractivity contribution is 6.04. The van der Waals surface area contributed by atoms with E-state index < -0.39 is 29.2 Å². The third kappa shape index (κ3) is 10.8. The number of carbonyl (C=O) groups is 3. The second kappa shape index (κ2) is 18.4. The van der Waals surface area contributed by atoms with Crippen molar-refractivity contribution in [3.8, 4) is 0 Å². The number of aromatic nitrogens is 4. The van der Waals surface area contributed by atoms with Gasteiger partial charge in [0, 0.05) is 35.3 Å². The first-order chi connectivity index (χ1) is 23.0. The summed E-state index contributed by atoms with van der Waals surface area (Å²) in [7, 11) is 0. The van der Waals surface area contributed by atoms with Crippen molar-refractivity contribution in [1.82, 2.24) is 19.9 Å². The molecule has 3 aromatic rings. The van der Waals surface area contributed by atoms with Crippen LogP contribution in [-0.4, -0.2) is 44.6 Å². The lowest BCUT2D eigenvalue weighted by Gasteiger charge is -2.17. The Bertz CT molecular complexity index is 1570. The molecule has 0 spiro atoms. The molecule has 1 aromatic carbocycles. The van der Waals surface area contributed by atoms with Crippen molar-refractivity contribution < 1.29 is 19.1 Å². The van der Waals surface area contributed by atoms with E-state index in [1.807, 2.05) is 13.8 Å². The highest BCUT2D eigenvalue weighted by atomic mass is 16.5. The largest absolute Gasteiger partial charge is 0.462 e. The average Bonchev–Trinajstić information content (AvgIpc) is 3.03. The lowest BCUT2D eigenvalue weighted by molar-refractivity contribution is 0.0526. The third-order valence-electron chi connectivity index (χ3n) is 8.04. The van der Waals surface area contributed by atoms with Crippen molar-refractivity contribution in [1.29, 1.82) is 0 Å². The van der Waals surface area contributed by atoms with Crippen LogP contribution in [-0.2, 0) is 4.74 Å². The summed E-state index contributed by atoms with van der Waals surface area (Å²) in [6, 6.07) is 4.26. The molecule has 14 heteroatoms. The number of H-pyrrole nitrogens is 2. The van der Waals surface area contributed by atoms with Crippen LogP contribution in [0.15, 0.2) is 33.9 Å². The van der Waals surface area contributed by atoms with Gasteiger partial charge in [-0.3, -0.25) is 30.2 Å². The number of hydrogen-bond acceptors (Lipinski definition) is 8. The van der Waals surface area contributed by atoms with Gasteiger partial charge >= 0.3 is 18.0 Å². The minimum absolute atomic E-state index is 0.0226. The Morgan fingerprint density at radius 2 is 1.15 bits per heavy atom. The van der Waals surface area contributed by atoms with Gasteiger partial charge < -0.3 is 15.4 Å². The summed E-state index contributed by atoms with van der Waals surface area (Å²) >= 11 is 0. The van der Waals surface area contributed by atoms with Gasteiger partial charge in [-0.05, 0) is 57.2 Å². The first kappa shape index (κ1) is 37.4. The molecule has 260 valence electrons. The van der Waals surface area contributed by atoms with Gasteiger partial charge in [0.25, 0.3) is 11.1 Å². The van der Waals surface area contributed by atoms with Crippen LogP contribution in [0, 0.1) is 6.92 Å². The zero-order valence-electron chi connectivity index (χ0n) is 28.7. The summed E-state index contributed by atoms with van der Waals surface area (Å²) in [6.07, 6.45) is 7.32. The predicted molar refractivity (Wildman–Crippen MR) is 187 cm³/mol. The standard InChI is InChI=1S/C34H48N8O6/c1-7-12-14-21(9-3)26-18-28(43)39-31(35-26)41-33(46)37-24-16-23(30(45)48-11-5)17-25(20(24)6)38-34(47)42-32-36-27(19-29(44)40-32)22(10-4)15-13-8-2/h16-19,21-22H,7-15H2,1-6H3,(H3,35,37,39,41,43,46)(H3,36,38,40,42,44,47). The topological polar surface area (TPSA) is 200 Å². The van der Waals surface area contributed by atoms with E-state index in [2.05, 4.69) is 55.1 Å². The van der Waals surface area contributed by atoms with Gasteiger partial charge in [-0.2, -0.15) is 0 Å². The van der Waals surface area contributed by atoms with Crippen LogP contribution >= 0.6 is 0 Å². The number of nitrogens with zero attached hydrogens (tertiary/aromatic N) is 2. The lowest BCUT2D eigenvalue weighted by atomic mass is 9.96. The van der Waals surface area contributed by atoms with Gasteiger partial charge in [0.15, 0.2) is 0 Å². The van der Waals surface area contributed by atoms with Crippen molar-refractivity contribution in [2.24, 2.45) is 0 Å². The summed E-state index contributed by atoms with van der Waals surface area (Å²) in [5.41, 5.74) is 1.26. The van der Waals surface area contributed by atoms with Crippen LogP contribution in [0.3, 0.4) is 0 Å². The lowest BCUT2D eigenvalue weighted by Crippen LogP contribution is -2.26. The fraction of sp³-hybridized carbons (Fsp3) is 0.500. The number of anilines is 4. The molecule has 2 heterocycles. The zero-order chi connectivity index (χ0) is 35.2. The van der Waals surface area contributed by atoms with Crippen LogP contribution in [0.5, 0.6) is 0 Å². The molecule has 4 amide bonds. The molecule has 2 unspecified atom stereocenters. The minimum atomic E-state index is -0.733. The molecule has 0 saturated heterocycles. The van der Waals surface area contributed by atoms with Crippen molar-refractivity contribution in [3.05, 3.63) is 67.5 Å². The van der Waals surface area contributed by atoms with Crippen LogP contribution in [0.1, 0.15) is 125 Å². The molecule has 0 bridgehead atoms. The number of carbonyl (C=O) groups excluding carboxylic acids is 3. The van der Waals surface area contributed by atoms with E-state index in [0.717, 1.165) is 51.4 Å². The van der Waals surface area contributed by atoms with E-state index in [9.17, 15) is 24.0 Å². The van der Waals surface area contributed by atoms with Crippen molar-refractivity contribution >= 4 is 41.3 Å². The Kier molecular flexibility index (Phi) is 14.3. The number of ether oxygens (including phenoxy) is 1. The summed E-state index contributed by atoms with van der Waals surface area (Å²) in [4.78, 5) is 77.8. The number of amides is 4. The molecule has 0 aliphatic heterocycles. The van der Waals surface area contributed by atoms with Crippen LogP contribution in [0.25, 0.3) is 0 Å². The molecule has 6 N–H and O–H groups in total. The monoisotopic (exact) mass is 664 g/mol. The maximum Gasteiger partial charge on any atom is 0.338 e. The highest BCUT2D eigenvalue weighted by Gasteiger charge is 2.19. The summed E-state index contributed by atoms with van der Waals surface area (Å²) in [5, 5.41) is 10.5. The minimum Gasteiger partial charge on any atom is -0.462 e. The fourth-order valence-corrected chi connectivity index (χ4v) is 5.34. The van der Waals surface area contributed by atoms with Gasteiger partial charge in [-0.15, -0.1) is 0 Å². The number of hydrogen-bond donors (Lipinski definition) is 6. The smallest absolute Gasteiger partial charge is 0.338 e. The van der Waals surface area contributed by atoms with Crippen molar-refractivity contribution in [3.63, 3.8) is 0 Å². The maximum atomic E-state index is 13.1. The molecule has 48 heavy (non-hydrogen) atoms. The Morgan fingerprint density at radius 3 is 1.52 bits per heavy atom. The predicted octanol–water partition coefficient (Wildman–Crippen LogP) is 6.99. The first-order valence-electron chi connectivity index (χ1n) is 16.7. The Hall–Kier alpha value is -5.01. The number of aromatic amines is 2. The SMILES string of the molecule is CCCCC(CC)c1cc(=O)[nH]c(NC(=O)Nc2cc(C(=O)OCC)cc(NC(=O)Nc3nc(C(CC)CCCC)cc(=O)[nH]3)c2C)n1. The number of rotatable bonds is 16. The molecule has 3 rings (SSSR count). The summed E-state index contributed by atoms with van der Waals surface area (Å²) in [5.74, 6) is -0.569. The number of unbranched alkanes of at least 4 members (excludes halogenated alkanes) is 2. The first-order valence-corrected chi connectivity index (χ1v) is 16.7. The second-order valence-corrected chi connectivity index (χ2v) is 11.6. The third-order valence-corrected chi connectivity index (χ3v) is 8.04. The van der Waals surface area contributed by atoms with E-state index >= 15 is 0 Å². The van der Waals surface area contributed by atoms with Crippen LogP contribution in [0.4, 0.5) is 32.9 Å². The van der Waals surface area contributed by atoms with Crippen LogP contribution in [0.2, 0.25) is 0 Å². The van der Waals surface area contributed by atoms with Crippen molar-refractivity contribution in [2.45, 2.75) is 105 Å². The quantitative estimate of drug-likeness (QED) is 0.0879. The molecule has 2 aromatic heterocycles. The molecule has 2 atom stereocenters. The van der Waals surface area contributed by atoms with E-state index in [4.69, 9.17) is 4.74 Å². The molecule has 0 aliphatic carbocycles. The normalized spacial score (nSPS) is 12.1. The molecule has 0 saturated carbocycles. The molecular weight excluding hydrogens is 616 g/mol. The van der Waals surface area contributed by atoms with E-state index in [1.165, 1.54) is 24.3 Å². The van der Waals surface area contributed by atoms with Crippen molar-refractivity contribution in [2.75, 3.05) is 27.9 Å². The summed E-state index contributed by atoms with van der Waals surface area (Å²) in [6.45, 7) is 11.6. The van der Waals surface area contributed by atoms with Gasteiger partial charge in [-0.25, -0.2) is 24.4 Å². The van der Waals surface area contributed by atoms with Crippen LogP contribution < -0.4 is 32.4 Å². The average molecular weight is 665 g/mol. The molecule has 0 radical (unpaired) electrons. The molecular formula is C34H48N8O6. The Morgan fingerprint density at radius 1 is 0.708 bits per heavy atom. The fourth-order valence-electron chi connectivity index (χ4n) is 5.34. The molecule has 0 fully saturated rings.